The Labute approximate surface area is 160 Å². The maximum atomic E-state index is 11.7. The van der Waals surface area contributed by atoms with Gasteiger partial charge in [-0.15, -0.1) is 0 Å². The number of aliphatic imine (C=N–C) groups is 1. The number of hydrogen-bond acceptors (Lipinski definition) is 3. The SMILES string of the molecule is CCOC(=O)N1CCC(NC(N)=NCCc2cccc3ccccc23)CC1. The molecule has 0 aliphatic carbocycles. The summed E-state index contributed by atoms with van der Waals surface area (Å²) in [6, 6.07) is 15.0. The number of hydrogen-bond donors (Lipinski definition) is 2. The molecule has 0 spiro atoms. The largest absolute Gasteiger partial charge is 0.450 e. The van der Waals surface area contributed by atoms with Crippen LogP contribution < -0.4 is 11.1 Å². The van der Waals surface area contributed by atoms with E-state index in [4.69, 9.17) is 10.5 Å². The van der Waals surface area contributed by atoms with E-state index in [0.717, 1.165) is 19.3 Å². The van der Waals surface area contributed by atoms with Gasteiger partial charge < -0.3 is 20.7 Å². The van der Waals surface area contributed by atoms with E-state index in [1.807, 2.05) is 6.92 Å². The third-order valence-corrected chi connectivity index (χ3v) is 4.92. The number of carbonyl (C=O) groups is 1. The van der Waals surface area contributed by atoms with Crippen LogP contribution in [0.1, 0.15) is 25.3 Å². The maximum Gasteiger partial charge on any atom is 0.409 e. The number of guanidine groups is 1. The van der Waals surface area contributed by atoms with Gasteiger partial charge in [0.1, 0.15) is 0 Å². The molecule has 27 heavy (non-hydrogen) atoms. The van der Waals surface area contributed by atoms with E-state index < -0.39 is 0 Å². The van der Waals surface area contributed by atoms with E-state index in [1.165, 1.54) is 16.3 Å². The lowest BCUT2D eigenvalue weighted by Crippen LogP contribution is -2.48. The second kappa shape index (κ2) is 9.26. The fraction of sp³-hybridized carbons (Fsp3) is 0.429. The molecule has 1 aliphatic heterocycles. The number of ether oxygens (including phenoxy) is 1. The van der Waals surface area contributed by atoms with Crippen molar-refractivity contribution in [2.45, 2.75) is 32.2 Å². The van der Waals surface area contributed by atoms with E-state index in [1.54, 1.807) is 4.90 Å². The van der Waals surface area contributed by atoms with Crippen molar-refractivity contribution >= 4 is 22.8 Å². The molecule has 3 N–H and O–H groups in total. The average Bonchev–Trinajstić information content (AvgIpc) is 2.69. The minimum Gasteiger partial charge on any atom is -0.450 e. The minimum absolute atomic E-state index is 0.229. The molecule has 0 saturated carbocycles. The number of piperidine rings is 1. The lowest BCUT2D eigenvalue weighted by atomic mass is 10.0. The van der Waals surface area contributed by atoms with Gasteiger partial charge in [-0.3, -0.25) is 4.99 Å². The van der Waals surface area contributed by atoms with E-state index in [0.29, 0.717) is 32.2 Å². The monoisotopic (exact) mass is 368 g/mol. The Hall–Kier alpha value is -2.76. The quantitative estimate of drug-likeness (QED) is 0.628. The zero-order chi connectivity index (χ0) is 19.1. The highest BCUT2D eigenvalue weighted by atomic mass is 16.6. The summed E-state index contributed by atoms with van der Waals surface area (Å²) in [7, 11) is 0. The third-order valence-electron chi connectivity index (χ3n) is 4.92. The van der Waals surface area contributed by atoms with E-state index in [-0.39, 0.29) is 12.1 Å². The van der Waals surface area contributed by atoms with Gasteiger partial charge in [0.25, 0.3) is 0 Å². The van der Waals surface area contributed by atoms with Gasteiger partial charge in [0.15, 0.2) is 5.96 Å². The summed E-state index contributed by atoms with van der Waals surface area (Å²) in [5, 5.41) is 5.80. The van der Waals surface area contributed by atoms with Gasteiger partial charge in [-0.05, 0) is 42.5 Å². The van der Waals surface area contributed by atoms with Gasteiger partial charge in [0.2, 0.25) is 0 Å². The molecule has 0 atom stereocenters. The fourth-order valence-corrected chi connectivity index (χ4v) is 3.48. The molecular weight excluding hydrogens is 340 g/mol. The van der Waals surface area contributed by atoms with Gasteiger partial charge in [-0.1, -0.05) is 42.5 Å². The zero-order valence-electron chi connectivity index (χ0n) is 15.9. The molecule has 1 fully saturated rings. The van der Waals surface area contributed by atoms with Gasteiger partial charge in [0, 0.05) is 25.7 Å². The molecular formula is C21H28N4O2. The number of fused-ring (bicyclic) bond motifs is 1. The Morgan fingerprint density at radius 2 is 1.96 bits per heavy atom. The molecule has 0 radical (unpaired) electrons. The van der Waals surface area contributed by atoms with Crippen LogP contribution >= 0.6 is 0 Å². The predicted octanol–water partition coefficient (Wildman–Crippen LogP) is 2.91. The van der Waals surface area contributed by atoms with Crippen molar-refractivity contribution < 1.29 is 9.53 Å². The Kier molecular flexibility index (Phi) is 6.52. The van der Waals surface area contributed by atoms with E-state index >= 15 is 0 Å². The van der Waals surface area contributed by atoms with Crippen molar-refractivity contribution in [3.63, 3.8) is 0 Å². The Morgan fingerprint density at radius 3 is 2.74 bits per heavy atom. The summed E-state index contributed by atoms with van der Waals surface area (Å²) in [5.41, 5.74) is 7.34. The summed E-state index contributed by atoms with van der Waals surface area (Å²) in [4.78, 5) is 18.0. The highest BCUT2D eigenvalue weighted by Crippen LogP contribution is 2.18. The van der Waals surface area contributed by atoms with Crippen LogP contribution in [0.5, 0.6) is 0 Å². The van der Waals surface area contributed by atoms with Crippen LogP contribution in [0.4, 0.5) is 4.79 Å². The maximum absolute atomic E-state index is 11.7. The Morgan fingerprint density at radius 1 is 1.22 bits per heavy atom. The van der Waals surface area contributed by atoms with Gasteiger partial charge in [-0.25, -0.2) is 4.79 Å². The highest BCUT2D eigenvalue weighted by molar-refractivity contribution is 5.85. The van der Waals surface area contributed by atoms with Crippen molar-refractivity contribution in [1.82, 2.24) is 10.2 Å². The first kappa shape index (κ1) is 19.0. The number of carbonyl (C=O) groups excluding carboxylic acids is 1. The first-order valence-corrected chi connectivity index (χ1v) is 9.62. The van der Waals surface area contributed by atoms with Crippen LogP contribution in [0.25, 0.3) is 10.8 Å². The van der Waals surface area contributed by atoms with Crippen LogP contribution in [0.15, 0.2) is 47.5 Å². The van der Waals surface area contributed by atoms with Crippen molar-refractivity contribution in [3.8, 4) is 0 Å². The zero-order valence-corrected chi connectivity index (χ0v) is 15.9. The summed E-state index contributed by atoms with van der Waals surface area (Å²) in [6.07, 6.45) is 2.31. The van der Waals surface area contributed by atoms with Crippen molar-refractivity contribution in [2.75, 3.05) is 26.2 Å². The van der Waals surface area contributed by atoms with E-state index in [9.17, 15) is 4.79 Å². The average molecular weight is 368 g/mol. The number of nitrogens with one attached hydrogen (secondary N) is 1. The molecule has 0 unspecified atom stereocenters. The van der Waals surface area contributed by atoms with Crippen LogP contribution in [0, 0.1) is 0 Å². The fourth-order valence-electron chi connectivity index (χ4n) is 3.48. The highest BCUT2D eigenvalue weighted by Gasteiger charge is 2.23. The molecule has 144 valence electrons. The minimum atomic E-state index is -0.229. The number of likely N-dealkylation sites (tertiary alicyclic amines) is 1. The first-order valence-electron chi connectivity index (χ1n) is 9.62. The van der Waals surface area contributed by atoms with Crippen LogP contribution in [-0.4, -0.2) is 49.2 Å². The summed E-state index contributed by atoms with van der Waals surface area (Å²) in [5.74, 6) is 0.477. The number of rotatable bonds is 5. The molecule has 2 aromatic carbocycles. The molecule has 6 nitrogen and oxygen atoms in total. The molecule has 6 heteroatoms. The molecule has 1 heterocycles. The van der Waals surface area contributed by atoms with Crippen LogP contribution in [-0.2, 0) is 11.2 Å². The lowest BCUT2D eigenvalue weighted by Gasteiger charge is -2.31. The first-order chi connectivity index (χ1) is 13.2. The van der Waals surface area contributed by atoms with E-state index in [2.05, 4.69) is 52.8 Å². The normalized spacial score (nSPS) is 15.7. The Bertz CT molecular complexity index is 792. The lowest BCUT2D eigenvalue weighted by molar-refractivity contribution is 0.0963. The number of amides is 1. The summed E-state index contributed by atoms with van der Waals surface area (Å²) >= 11 is 0. The summed E-state index contributed by atoms with van der Waals surface area (Å²) < 4.78 is 5.04. The second-order valence-corrected chi connectivity index (χ2v) is 6.76. The molecule has 0 aromatic heterocycles. The van der Waals surface area contributed by atoms with Crippen LogP contribution in [0.3, 0.4) is 0 Å². The number of nitrogens with zero attached hydrogens (tertiary/aromatic N) is 2. The molecule has 0 bridgehead atoms. The molecule has 1 saturated heterocycles. The molecule has 3 rings (SSSR count). The Balaban J connectivity index is 1.47. The smallest absolute Gasteiger partial charge is 0.409 e. The number of benzene rings is 2. The second-order valence-electron chi connectivity index (χ2n) is 6.76. The van der Waals surface area contributed by atoms with Gasteiger partial charge >= 0.3 is 6.09 Å². The third kappa shape index (κ3) is 5.12. The molecule has 1 aliphatic rings. The van der Waals surface area contributed by atoms with Gasteiger partial charge in [-0.2, -0.15) is 0 Å². The number of nitrogens with two attached hydrogens (primary N) is 1. The van der Waals surface area contributed by atoms with Crippen LogP contribution in [0.2, 0.25) is 0 Å². The standard InChI is InChI=1S/C21H28N4O2/c1-2-27-21(26)25-14-11-18(12-15-25)24-20(22)23-13-10-17-8-5-7-16-6-3-4-9-19(16)17/h3-9,18H,2,10-15H2,1H3,(H3,22,23,24). The van der Waals surface area contributed by atoms with Crippen molar-refractivity contribution in [1.29, 1.82) is 0 Å². The predicted molar refractivity (Wildman–Crippen MR) is 109 cm³/mol. The van der Waals surface area contributed by atoms with Crippen molar-refractivity contribution in [2.24, 2.45) is 10.7 Å². The van der Waals surface area contributed by atoms with Gasteiger partial charge in [0.05, 0.1) is 6.61 Å². The van der Waals surface area contributed by atoms with Crippen molar-refractivity contribution in [3.05, 3.63) is 48.0 Å². The topological polar surface area (TPSA) is 80.0 Å². The molecule has 2 aromatic rings. The molecule has 1 amide bonds. The summed E-state index contributed by atoms with van der Waals surface area (Å²) in [6.45, 7) is 4.24.